The Kier molecular flexibility index (Phi) is 5.13. The van der Waals surface area contributed by atoms with Crippen LogP contribution in [0.4, 0.5) is 5.95 Å². The van der Waals surface area contributed by atoms with Crippen LogP contribution in [0, 0.1) is 0 Å². The van der Waals surface area contributed by atoms with Crippen LogP contribution in [0.2, 0.25) is 0 Å². The van der Waals surface area contributed by atoms with Crippen molar-refractivity contribution in [3.8, 4) is 0 Å². The van der Waals surface area contributed by atoms with Gasteiger partial charge in [0.25, 0.3) is 0 Å². The van der Waals surface area contributed by atoms with Gasteiger partial charge < -0.3 is 20.5 Å². The van der Waals surface area contributed by atoms with Gasteiger partial charge in [0.05, 0.1) is 23.3 Å². The third-order valence-electron chi connectivity index (χ3n) is 5.07. The van der Waals surface area contributed by atoms with Crippen LogP contribution >= 0.6 is 0 Å². The van der Waals surface area contributed by atoms with Gasteiger partial charge in [-0.3, -0.25) is 4.98 Å². The first-order valence-electron chi connectivity index (χ1n) is 9.37. The highest BCUT2D eigenvalue weighted by atomic mass is 15.2. The molecule has 0 saturated carbocycles. The van der Waals surface area contributed by atoms with Crippen molar-refractivity contribution in [2.75, 3.05) is 31.5 Å². The van der Waals surface area contributed by atoms with E-state index in [0.29, 0.717) is 6.04 Å². The zero-order valence-electron chi connectivity index (χ0n) is 15.0. The van der Waals surface area contributed by atoms with E-state index in [4.69, 9.17) is 10.7 Å². The number of aromatic nitrogens is 3. The summed E-state index contributed by atoms with van der Waals surface area (Å²) in [7, 11) is 0. The standard InChI is InChI=1S/C20H26N6/c21-10-14-25-12-8-16(9-13-25)23-20-24-18-6-1-2-7-19(18)26(20)15-17-5-3-4-11-22-17/h1-7,11,16H,8-10,12-15,21H2,(H,23,24). The largest absolute Gasteiger partial charge is 0.353 e. The van der Waals surface area contributed by atoms with Crippen molar-refractivity contribution in [2.45, 2.75) is 25.4 Å². The van der Waals surface area contributed by atoms with E-state index in [1.807, 2.05) is 24.4 Å². The molecule has 0 bridgehead atoms. The molecule has 0 atom stereocenters. The molecular weight excluding hydrogens is 324 g/mol. The maximum atomic E-state index is 5.68. The predicted octanol–water partition coefficient (Wildman–Crippen LogP) is 2.31. The zero-order valence-corrected chi connectivity index (χ0v) is 15.0. The van der Waals surface area contributed by atoms with E-state index in [2.05, 4.69) is 44.0 Å². The predicted molar refractivity (Wildman–Crippen MR) is 105 cm³/mol. The maximum absolute atomic E-state index is 5.68. The summed E-state index contributed by atoms with van der Waals surface area (Å²) in [6, 6.07) is 14.8. The molecule has 136 valence electrons. The quantitative estimate of drug-likeness (QED) is 0.714. The van der Waals surface area contributed by atoms with E-state index in [9.17, 15) is 0 Å². The molecule has 4 rings (SSSR count). The summed E-state index contributed by atoms with van der Waals surface area (Å²) in [6.45, 7) is 4.63. The van der Waals surface area contributed by atoms with Gasteiger partial charge in [-0.05, 0) is 37.1 Å². The monoisotopic (exact) mass is 350 g/mol. The summed E-state index contributed by atoms with van der Waals surface area (Å²) < 4.78 is 2.24. The Morgan fingerprint density at radius 3 is 2.65 bits per heavy atom. The summed E-state index contributed by atoms with van der Waals surface area (Å²) in [4.78, 5) is 11.8. The number of rotatable bonds is 6. The average molecular weight is 350 g/mol. The molecule has 1 aliphatic rings. The Morgan fingerprint density at radius 2 is 1.88 bits per heavy atom. The van der Waals surface area contributed by atoms with Gasteiger partial charge in [-0.25, -0.2) is 4.98 Å². The van der Waals surface area contributed by atoms with Crippen LogP contribution < -0.4 is 11.1 Å². The van der Waals surface area contributed by atoms with Crippen molar-refractivity contribution < 1.29 is 0 Å². The minimum Gasteiger partial charge on any atom is -0.353 e. The van der Waals surface area contributed by atoms with Crippen LogP contribution in [-0.2, 0) is 6.54 Å². The van der Waals surface area contributed by atoms with Gasteiger partial charge in [-0.15, -0.1) is 0 Å². The average Bonchev–Trinajstić information content (AvgIpc) is 3.02. The summed E-state index contributed by atoms with van der Waals surface area (Å²) in [5.74, 6) is 0.939. The Bertz CT molecular complexity index is 836. The number of imidazole rings is 1. The van der Waals surface area contributed by atoms with E-state index < -0.39 is 0 Å². The van der Waals surface area contributed by atoms with Crippen LogP contribution in [-0.4, -0.2) is 51.7 Å². The van der Waals surface area contributed by atoms with Crippen molar-refractivity contribution in [3.05, 3.63) is 54.4 Å². The smallest absolute Gasteiger partial charge is 0.204 e. The molecule has 1 aromatic carbocycles. The summed E-state index contributed by atoms with van der Waals surface area (Å²) in [6.07, 6.45) is 4.08. The molecule has 0 spiro atoms. The highest BCUT2D eigenvalue weighted by Crippen LogP contribution is 2.23. The molecule has 0 unspecified atom stereocenters. The molecular formula is C20H26N6. The summed E-state index contributed by atoms with van der Waals surface area (Å²) >= 11 is 0. The van der Waals surface area contributed by atoms with Gasteiger partial charge in [-0.2, -0.15) is 0 Å². The number of hydrogen-bond acceptors (Lipinski definition) is 5. The molecule has 1 saturated heterocycles. The molecule has 2 aromatic heterocycles. The Balaban J connectivity index is 1.56. The van der Waals surface area contributed by atoms with Gasteiger partial charge in [0.2, 0.25) is 5.95 Å². The van der Waals surface area contributed by atoms with Gasteiger partial charge in [0.15, 0.2) is 0 Å². The van der Waals surface area contributed by atoms with Crippen LogP contribution in [0.5, 0.6) is 0 Å². The van der Waals surface area contributed by atoms with Gasteiger partial charge in [0, 0.05) is 38.4 Å². The van der Waals surface area contributed by atoms with Crippen molar-refractivity contribution >= 4 is 17.0 Å². The number of nitrogens with one attached hydrogen (secondary N) is 1. The minimum absolute atomic E-state index is 0.448. The molecule has 3 N–H and O–H groups in total. The molecule has 1 fully saturated rings. The fraction of sp³-hybridized carbons (Fsp3) is 0.400. The van der Waals surface area contributed by atoms with E-state index in [0.717, 1.165) is 68.2 Å². The SMILES string of the molecule is NCCN1CCC(Nc2nc3ccccc3n2Cc2ccccn2)CC1. The van der Waals surface area contributed by atoms with Crippen LogP contribution in [0.25, 0.3) is 11.0 Å². The maximum Gasteiger partial charge on any atom is 0.204 e. The number of piperidine rings is 1. The topological polar surface area (TPSA) is 72.0 Å². The number of benzene rings is 1. The first-order valence-corrected chi connectivity index (χ1v) is 9.37. The van der Waals surface area contributed by atoms with Crippen molar-refractivity contribution in [2.24, 2.45) is 5.73 Å². The summed E-state index contributed by atoms with van der Waals surface area (Å²) in [5.41, 5.74) is 8.88. The zero-order chi connectivity index (χ0) is 17.8. The fourth-order valence-electron chi connectivity index (χ4n) is 3.67. The Morgan fingerprint density at radius 1 is 1.08 bits per heavy atom. The van der Waals surface area contributed by atoms with Gasteiger partial charge >= 0.3 is 0 Å². The molecule has 3 aromatic rings. The lowest BCUT2D eigenvalue weighted by Crippen LogP contribution is -2.41. The van der Waals surface area contributed by atoms with Crippen LogP contribution in [0.1, 0.15) is 18.5 Å². The Hall–Kier alpha value is -2.44. The minimum atomic E-state index is 0.448. The first kappa shape index (κ1) is 17.0. The van der Waals surface area contributed by atoms with E-state index in [-0.39, 0.29) is 0 Å². The third kappa shape index (κ3) is 3.71. The number of anilines is 1. The van der Waals surface area contributed by atoms with Crippen LogP contribution in [0.15, 0.2) is 48.7 Å². The molecule has 0 amide bonds. The molecule has 0 radical (unpaired) electrons. The van der Waals surface area contributed by atoms with Crippen molar-refractivity contribution in [3.63, 3.8) is 0 Å². The second-order valence-electron chi connectivity index (χ2n) is 6.88. The van der Waals surface area contributed by atoms with Crippen molar-refractivity contribution in [1.82, 2.24) is 19.4 Å². The second kappa shape index (κ2) is 7.85. The number of nitrogens with zero attached hydrogens (tertiary/aromatic N) is 4. The lowest BCUT2D eigenvalue weighted by molar-refractivity contribution is 0.224. The molecule has 26 heavy (non-hydrogen) atoms. The third-order valence-corrected chi connectivity index (χ3v) is 5.07. The Labute approximate surface area is 154 Å². The van der Waals surface area contributed by atoms with Crippen LogP contribution in [0.3, 0.4) is 0 Å². The lowest BCUT2D eigenvalue weighted by Gasteiger charge is -2.32. The summed E-state index contributed by atoms with van der Waals surface area (Å²) in [5, 5.41) is 3.69. The number of nitrogens with two attached hydrogens (primary N) is 1. The molecule has 0 aliphatic carbocycles. The van der Waals surface area contributed by atoms with Gasteiger partial charge in [-0.1, -0.05) is 18.2 Å². The molecule has 3 heterocycles. The highest BCUT2D eigenvalue weighted by Gasteiger charge is 2.21. The van der Waals surface area contributed by atoms with E-state index in [1.54, 1.807) is 0 Å². The molecule has 1 aliphatic heterocycles. The number of fused-ring (bicyclic) bond motifs is 1. The molecule has 6 nitrogen and oxygen atoms in total. The normalized spacial score (nSPS) is 16.2. The van der Waals surface area contributed by atoms with Crippen molar-refractivity contribution in [1.29, 1.82) is 0 Å². The number of para-hydroxylation sites is 2. The fourth-order valence-corrected chi connectivity index (χ4v) is 3.67. The van der Waals surface area contributed by atoms with E-state index >= 15 is 0 Å². The highest BCUT2D eigenvalue weighted by molar-refractivity contribution is 5.78. The molecule has 6 heteroatoms. The first-order chi connectivity index (χ1) is 12.8. The lowest BCUT2D eigenvalue weighted by atomic mass is 10.1. The number of hydrogen-bond donors (Lipinski definition) is 2. The second-order valence-corrected chi connectivity index (χ2v) is 6.88. The number of pyridine rings is 1. The van der Waals surface area contributed by atoms with E-state index in [1.165, 1.54) is 0 Å². The number of likely N-dealkylation sites (tertiary alicyclic amines) is 1. The van der Waals surface area contributed by atoms with Gasteiger partial charge in [0.1, 0.15) is 0 Å².